The molecule has 0 fully saturated rings. The van der Waals surface area contributed by atoms with Gasteiger partial charge < -0.3 is 4.57 Å². The number of hydrogen-bond acceptors (Lipinski definition) is 0. The SMILES string of the molecule is CCCCc1cccn1CCC.Cl. The van der Waals surface area contributed by atoms with Crippen LogP contribution in [0.1, 0.15) is 38.8 Å². The number of unbranched alkanes of at least 4 members (excludes halogenated alkanes) is 1. The minimum Gasteiger partial charge on any atom is -0.351 e. The Balaban J connectivity index is 0.00000144. The fourth-order valence-corrected chi connectivity index (χ4v) is 1.49. The van der Waals surface area contributed by atoms with Crippen molar-refractivity contribution in [3.63, 3.8) is 0 Å². The molecule has 0 aliphatic heterocycles. The molecule has 0 aromatic carbocycles. The van der Waals surface area contributed by atoms with Crippen molar-refractivity contribution < 1.29 is 0 Å². The molecule has 0 bridgehead atoms. The quantitative estimate of drug-likeness (QED) is 0.685. The predicted molar refractivity (Wildman–Crippen MR) is 60.6 cm³/mol. The molecule has 2 heteroatoms. The average Bonchev–Trinajstić information content (AvgIpc) is 2.50. The number of aromatic nitrogens is 1. The summed E-state index contributed by atoms with van der Waals surface area (Å²) in [5, 5.41) is 0. The standard InChI is InChI=1S/C11H19N.ClH/c1-3-5-7-11-8-6-10-12(11)9-4-2;/h6,8,10H,3-5,7,9H2,1-2H3;1H. The Kier molecular flexibility index (Phi) is 6.79. The highest BCUT2D eigenvalue weighted by Crippen LogP contribution is 2.07. The van der Waals surface area contributed by atoms with Gasteiger partial charge in [-0.25, -0.2) is 0 Å². The van der Waals surface area contributed by atoms with Gasteiger partial charge in [-0.1, -0.05) is 20.3 Å². The minimum atomic E-state index is 0. The molecule has 0 saturated carbocycles. The minimum absolute atomic E-state index is 0. The zero-order valence-corrected chi connectivity index (χ0v) is 9.44. The van der Waals surface area contributed by atoms with Gasteiger partial charge in [-0.3, -0.25) is 0 Å². The van der Waals surface area contributed by atoms with Crippen molar-refractivity contribution in [2.45, 2.75) is 46.1 Å². The molecule has 0 aliphatic rings. The van der Waals surface area contributed by atoms with Crippen LogP contribution in [0.4, 0.5) is 0 Å². The highest BCUT2D eigenvalue weighted by atomic mass is 35.5. The smallest absolute Gasteiger partial charge is 0.0219 e. The Morgan fingerprint density at radius 2 is 2.00 bits per heavy atom. The molecule has 1 nitrogen and oxygen atoms in total. The van der Waals surface area contributed by atoms with E-state index in [4.69, 9.17) is 0 Å². The first-order valence-corrected chi connectivity index (χ1v) is 5.02. The van der Waals surface area contributed by atoms with E-state index in [2.05, 4.69) is 36.7 Å². The summed E-state index contributed by atoms with van der Waals surface area (Å²) in [6, 6.07) is 4.39. The van der Waals surface area contributed by atoms with Crippen LogP contribution in [0, 0.1) is 0 Å². The second-order valence-electron chi connectivity index (χ2n) is 3.30. The molecule has 1 heterocycles. The third-order valence-corrected chi connectivity index (χ3v) is 2.17. The molecule has 76 valence electrons. The van der Waals surface area contributed by atoms with Crippen LogP contribution in [0.2, 0.25) is 0 Å². The van der Waals surface area contributed by atoms with E-state index in [-0.39, 0.29) is 12.4 Å². The van der Waals surface area contributed by atoms with Crippen LogP contribution in [-0.2, 0) is 13.0 Å². The maximum absolute atomic E-state index is 2.37. The summed E-state index contributed by atoms with van der Waals surface area (Å²) in [4.78, 5) is 0. The van der Waals surface area contributed by atoms with Crippen LogP contribution in [0.25, 0.3) is 0 Å². The molecule has 0 N–H and O–H groups in total. The number of hydrogen-bond donors (Lipinski definition) is 0. The fourth-order valence-electron chi connectivity index (χ4n) is 1.49. The van der Waals surface area contributed by atoms with Gasteiger partial charge >= 0.3 is 0 Å². The van der Waals surface area contributed by atoms with Gasteiger partial charge in [0, 0.05) is 18.4 Å². The average molecular weight is 202 g/mol. The first-order valence-electron chi connectivity index (χ1n) is 5.02. The molecule has 0 saturated heterocycles. The van der Waals surface area contributed by atoms with Crippen LogP contribution in [0.3, 0.4) is 0 Å². The van der Waals surface area contributed by atoms with E-state index in [1.54, 1.807) is 0 Å². The molecule has 1 aromatic rings. The van der Waals surface area contributed by atoms with Gasteiger partial charge in [0.1, 0.15) is 0 Å². The van der Waals surface area contributed by atoms with Crippen molar-refractivity contribution in [1.29, 1.82) is 0 Å². The molecular formula is C11H20ClN. The zero-order chi connectivity index (χ0) is 8.81. The van der Waals surface area contributed by atoms with E-state index in [1.165, 1.54) is 37.9 Å². The van der Waals surface area contributed by atoms with E-state index in [9.17, 15) is 0 Å². The summed E-state index contributed by atoms with van der Waals surface area (Å²) in [6.45, 7) is 5.64. The van der Waals surface area contributed by atoms with Crippen LogP contribution < -0.4 is 0 Å². The molecule has 0 amide bonds. The topological polar surface area (TPSA) is 4.93 Å². The van der Waals surface area contributed by atoms with Gasteiger partial charge in [0.25, 0.3) is 0 Å². The predicted octanol–water partition coefficient (Wildman–Crippen LogP) is 3.66. The monoisotopic (exact) mass is 201 g/mol. The van der Waals surface area contributed by atoms with Gasteiger partial charge in [-0.2, -0.15) is 0 Å². The lowest BCUT2D eigenvalue weighted by Gasteiger charge is -2.06. The van der Waals surface area contributed by atoms with Crippen molar-refractivity contribution in [2.75, 3.05) is 0 Å². The maximum Gasteiger partial charge on any atom is 0.0219 e. The van der Waals surface area contributed by atoms with Gasteiger partial charge in [-0.15, -0.1) is 12.4 Å². The molecule has 0 radical (unpaired) electrons. The van der Waals surface area contributed by atoms with Gasteiger partial charge in [-0.05, 0) is 31.4 Å². The van der Waals surface area contributed by atoms with Crippen molar-refractivity contribution in [2.24, 2.45) is 0 Å². The Bertz CT molecular complexity index is 218. The van der Waals surface area contributed by atoms with Crippen LogP contribution >= 0.6 is 12.4 Å². The normalized spacial score (nSPS) is 9.69. The molecule has 0 unspecified atom stereocenters. The molecule has 0 aliphatic carbocycles. The lowest BCUT2D eigenvalue weighted by molar-refractivity contribution is 0.632. The van der Waals surface area contributed by atoms with E-state index in [1.807, 2.05) is 0 Å². The first-order chi connectivity index (χ1) is 5.88. The zero-order valence-electron chi connectivity index (χ0n) is 8.62. The van der Waals surface area contributed by atoms with Gasteiger partial charge in [0.05, 0.1) is 0 Å². The fraction of sp³-hybridized carbons (Fsp3) is 0.636. The Hall–Kier alpha value is -0.430. The molecule has 0 atom stereocenters. The number of rotatable bonds is 5. The van der Waals surface area contributed by atoms with Crippen molar-refractivity contribution >= 4 is 12.4 Å². The second-order valence-corrected chi connectivity index (χ2v) is 3.30. The van der Waals surface area contributed by atoms with Gasteiger partial charge in [0.2, 0.25) is 0 Å². The van der Waals surface area contributed by atoms with E-state index < -0.39 is 0 Å². The van der Waals surface area contributed by atoms with Crippen LogP contribution in [0.5, 0.6) is 0 Å². The van der Waals surface area contributed by atoms with Gasteiger partial charge in [0.15, 0.2) is 0 Å². The van der Waals surface area contributed by atoms with Crippen molar-refractivity contribution in [1.82, 2.24) is 4.57 Å². The number of nitrogens with zero attached hydrogens (tertiary/aromatic N) is 1. The third kappa shape index (κ3) is 3.86. The summed E-state index contributed by atoms with van der Waals surface area (Å²) < 4.78 is 2.37. The third-order valence-electron chi connectivity index (χ3n) is 2.17. The largest absolute Gasteiger partial charge is 0.351 e. The highest BCUT2D eigenvalue weighted by molar-refractivity contribution is 5.85. The van der Waals surface area contributed by atoms with Crippen molar-refractivity contribution in [3.8, 4) is 0 Å². The van der Waals surface area contributed by atoms with Crippen LogP contribution in [-0.4, -0.2) is 4.57 Å². The second kappa shape index (κ2) is 7.02. The Morgan fingerprint density at radius 3 is 2.62 bits per heavy atom. The summed E-state index contributed by atoms with van der Waals surface area (Å²) in [6.07, 6.45) is 7.26. The summed E-state index contributed by atoms with van der Waals surface area (Å²) in [5.74, 6) is 0. The van der Waals surface area contributed by atoms with E-state index >= 15 is 0 Å². The van der Waals surface area contributed by atoms with Crippen LogP contribution in [0.15, 0.2) is 18.3 Å². The molecule has 13 heavy (non-hydrogen) atoms. The van der Waals surface area contributed by atoms with E-state index in [0.717, 1.165) is 0 Å². The molecular weight excluding hydrogens is 182 g/mol. The molecule has 1 aromatic heterocycles. The van der Waals surface area contributed by atoms with E-state index in [0.29, 0.717) is 0 Å². The Morgan fingerprint density at radius 1 is 1.23 bits per heavy atom. The summed E-state index contributed by atoms with van der Waals surface area (Å²) >= 11 is 0. The number of halogens is 1. The first kappa shape index (κ1) is 12.6. The molecule has 1 rings (SSSR count). The Labute approximate surface area is 87.6 Å². The summed E-state index contributed by atoms with van der Waals surface area (Å²) in [5.41, 5.74) is 1.50. The lowest BCUT2D eigenvalue weighted by atomic mass is 10.2. The molecule has 0 spiro atoms. The number of aryl methyl sites for hydroxylation is 2. The lowest BCUT2D eigenvalue weighted by Crippen LogP contribution is -2.00. The van der Waals surface area contributed by atoms with Crippen molar-refractivity contribution in [3.05, 3.63) is 24.0 Å². The maximum atomic E-state index is 2.37. The highest BCUT2D eigenvalue weighted by Gasteiger charge is 1.97. The summed E-state index contributed by atoms with van der Waals surface area (Å²) in [7, 11) is 0.